The first-order chi connectivity index (χ1) is 15.3. The summed E-state index contributed by atoms with van der Waals surface area (Å²) in [5, 5.41) is 13.5. The van der Waals surface area contributed by atoms with Crippen LogP contribution < -0.4 is 5.32 Å². The summed E-state index contributed by atoms with van der Waals surface area (Å²) in [7, 11) is 0. The number of hydrogen-bond acceptors (Lipinski definition) is 5. The summed E-state index contributed by atoms with van der Waals surface area (Å²) in [5.41, 5.74) is -0.988. The van der Waals surface area contributed by atoms with Crippen LogP contribution in [-0.4, -0.2) is 32.1 Å². The van der Waals surface area contributed by atoms with Gasteiger partial charge in [0.15, 0.2) is 5.82 Å². The maximum Gasteiger partial charge on any atom is 0.339 e. The number of anilines is 1. The van der Waals surface area contributed by atoms with Crippen LogP contribution in [0.2, 0.25) is 0 Å². The van der Waals surface area contributed by atoms with Crippen molar-refractivity contribution in [1.29, 1.82) is 0 Å². The highest BCUT2D eigenvalue weighted by atomic mass is 19.1. The number of carbonyl (C=O) groups is 2. The van der Waals surface area contributed by atoms with E-state index in [2.05, 4.69) is 10.3 Å². The SMILES string of the molecule is O=C1O[C@]2(CC[C@@](O)(C(=O)Nc3cn(-c4cc(F)cc(F)c4)cn3)CC2)c2ccccc21. The highest BCUT2D eigenvalue weighted by molar-refractivity contribution is 5.97. The van der Waals surface area contributed by atoms with Gasteiger partial charge in [-0.3, -0.25) is 4.79 Å². The third-order valence-electron chi connectivity index (χ3n) is 6.20. The normalized spacial score (nSPS) is 24.3. The quantitative estimate of drug-likeness (QED) is 0.610. The molecule has 164 valence electrons. The zero-order chi connectivity index (χ0) is 22.5. The summed E-state index contributed by atoms with van der Waals surface area (Å²) in [6, 6.07) is 10.2. The number of aliphatic hydroxyl groups is 1. The smallest absolute Gasteiger partial charge is 0.339 e. The summed E-state index contributed by atoms with van der Waals surface area (Å²) in [4.78, 5) is 29.1. The first-order valence-corrected chi connectivity index (χ1v) is 10.2. The van der Waals surface area contributed by atoms with Crippen molar-refractivity contribution in [3.8, 4) is 5.69 Å². The van der Waals surface area contributed by atoms with E-state index in [0.717, 1.165) is 23.8 Å². The van der Waals surface area contributed by atoms with Crippen molar-refractivity contribution in [3.63, 3.8) is 0 Å². The van der Waals surface area contributed by atoms with Crippen LogP contribution >= 0.6 is 0 Å². The Kier molecular flexibility index (Phi) is 4.59. The van der Waals surface area contributed by atoms with E-state index in [1.165, 1.54) is 17.1 Å². The van der Waals surface area contributed by atoms with Crippen LogP contribution in [0.15, 0.2) is 55.0 Å². The van der Waals surface area contributed by atoms with Crippen LogP contribution in [0.4, 0.5) is 14.6 Å². The number of carbonyl (C=O) groups excluding carboxylic acids is 2. The molecule has 1 amide bonds. The van der Waals surface area contributed by atoms with Crippen molar-refractivity contribution >= 4 is 17.7 Å². The van der Waals surface area contributed by atoms with Gasteiger partial charge in [-0.05, 0) is 43.9 Å². The molecule has 5 rings (SSSR count). The molecule has 2 aliphatic rings. The van der Waals surface area contributed by atoms with Crippen LogP contribution in [0.5, 0.6) is 0 Å². The second-order valence-corrected chi connectivity index (χ2v) is 8.21. The van der Waals surface area contributed by atoms with E-state index in [-0.39, 0.29) is 24.3 Å². The van der Waals surface area contributed by atoms with Gasteiger partial charge in [0.2, 0.25) is 0 Å². The lowest BCUT2D eigenvalue weighted by atomic mass is 9.72. The highest BCUT2D eigenvalue weighted by Gasteiger charge is 2.52. The molecule has 1 aromatic heterocycles. The number of fused-ring (bicyclic) bond motifs is 2. The van der Waals surface area contributed by atoms with E-state index in [9.17, 15) is 23.5 Å². The number of halogens is 2. The van der Waals surface area contributed by atoms with Gasteiger partial charge in [-0.2, -0.15) is 0 Å². The second kappa shape index (κ2) is 7.23. The molecule has 2 aromatic carbocycles. The molecule has 7 nitrogen and oxygen atoms in total. The fourth-order valence-electron chi connectivity index (χ4n) is 4.46. The molecule has 1 aliphatic carbocycles. The number of aromatic nitrogens is 2. The average Bonchev–Trinajstić information content (AvgIpc) is 3.33. The van der Waals surface area contributed by atoms with Crippen molar-refractivity contribution in [3.05, 3.63) is 77.8 Å². The van der Waals surface area contributed by atoms with E-state index in [0.29, 0.717) is 18.4 Å². The Morgan fingerprint density at radius 1 is 1.09 bits per heavy atom. The molecule has 3 aromatic rings. The number of esters is 1. The van der Waals surface area contributed by atoms with Crippen LogP contribution in [0.25, 0.3) is 5.69 Å². The minimum atomic E-state index is -1.66. The molecule has 1 spiro atoms. The fourth-order valence-corrected chi connectivity index (χ4v) is 4.46. The van der Waals surface area contributed by atoms with Crippen LogP contribution in [-0.2, 0) is 15.1 Å². The monoisotopic (exact) mass is 439 g/mol. The molecular formula is C23H19F2N3O4. The summed E-state index contributed by atoms with van der Waals surface area (Å²) < 4.78 is 33.9. The predicted molar refractivity (Wildman–Crippen MR) is 109 cm³/mol. The third-order valence-corrected chi connectivity index (χ3v) is 6.20. The number of ether oxygens (including phenoxy) is 1. The molecule has 0 bridgehead atoms. The second-order valence-electron chi connectivity index (χ2n) is 8.21. The molecule has 1 saturated carbocycles. The minimum absolute atomic E-state index is 0.0935. The maximum atomic E-state index is 13.5. The molecule has 0 unspecified atom stereocenters. The lowest BCUT2D eigenvalue weighted by Crippen LogP contribution is -2.49. The van der Waals surface area contributed by atoms with E-state index in [1.807, 2.05) is 12.1 Å². The number of nitrogens with zero attached hydrogens (tertiary/aromatic N) is 2. The standard InChI is InChI=1S/C23H19F2N3O4/c24-14-9-15(25)11-16(10-14)28-12-19(26-13-28)27-21(30)22(31)5-7-23(8-6-22)18-4-2-1-3-17(18)20(29)32-23/h1-4,9-13,31H,5-8H2,(H,27,30)/t22-,23-. The maximum absolute atomic E-state index is 13.5. The molecule has 2 N–H and O–H groups in total. The van der Waals surface area contributed by atoms with E-state index in [1.54, 1.807) is 12.1 Å². The lowest BCUT2D eigenvalue weighted by Gasteiger charge is -2.40. The van der Waals surface area contributed by atoms with E-state index < -0.39 is 34.7 Å². The number of amides is 1. The fraction of sp³-hybridized carbons (Fsp3) is 0.261. The molecule has 1 aliphatic heterocycles. The van der Waals surface area contributed by atoms with Gasteiger partial charge in [-0.15, -0.1) is 0 Å². The molecule has 1 fully saturated rings. The van der Waals surface area contributed by atoms with Gasteiger partial charge in [-0.25, -0.2) is 18.6 Å². The first-order valence-electron chi connectivity index (χ1n) is 10.2. The van der Waals surface area contributed by atoms with E-state index in [4.69, 9.17) is 4.74 Å². The van der Waals surface area contributed by atoms with Gasteiger partial charge in [0.25, 0.3) is 5.91 Å². The lowest BCUT2D eigenvalue weighted by molar-refractivity contribution is -0.144. The molecule has 32 heavy (non-hydrogen) atoms. The van der Waals surface area contributed by atoms with Crippen molar-refractivity contribution < 1.29 is 28.2 Å². The van der Waals surface area contributed by atoms with Crippen molar-refractivity contribution in [2.75, 3.05) is 5.32 Å². The summed E-state index contributed by atoms with van der Waals surface area (Å²) >= 11 is 0. The molecule has 9 heteroatoms. The number of rotatable bonds is 3. The number of imidazole rings is 1. The van der Waals surface area contributed by atoms with Crippen molar-refractivity contribution in [1.82, 2.24) is 9.55 Å². The van der Waals surface area contributed by atoms with Gasteiger partial charge >= 0.3 is 5.97 Å². The van der Waals surface area contributed by atoms with Crippen LogP contribution in [0, 0.1) is 11.6 Å². The molecular weight excluding hydrogens is 420 g/mol. The Labute approximate surface area is 181 Å². The van der Waals surface area contributed by atoms with Gasteiger partial charge in [0.05, 0.1) is 17.4 Å². The molecule has 0 atom stereocenters. The average molecular weight is 439 g/mol. The predicted octanol–water partition coefficient (Wildman–Crippen LogP) is 3.46. The van der Waals surface area contributed by atoms with E-state index >= 15 is 0 Å². The topological polar surface area (TPSA) is 93.5 Å². The minimum Gasteiger partial charge on any atom is -0.451 e. The molecule has 0 saturated heterocycles. The zero-order valence-electron chi connectivity index (χ0n) is 16.8. The number of hydrogen-bond donors (Lipinski definition) is 2. The Morgan fingerprint density at radius 3 is 2.50 bits per heavy atom. The summed E-state index contributed by atoms with van der Waals surface area (Å²) in [5.74, 6) is -2.38. The van der Waals surface area contributed by atoms with Crippen LogP contribution in [0.3, 0.4) is 0 Å². The van der Waals surface area contributed by atoms with Crippen molar-refractivity contribution in [2.45, 2.75) is 36.9 Å². The zero-order valence-corrected chi connectivity index (χ0v) is 16.8. The Hall–Kier alpha value is -3.59. The number of benzene rings is 2. The Bertz CT molecular complexity index is 1210. The van der Waals surface area contributed by atoms with Crippen LogP contribution in [0.1, 0.15) is 41.6 Å². The Balaban J connectivity index is 1.29. The largest absolute Gasteiger partial charge is 0.451 e. The summed E-state index contributed by atoms with van der Waals surface area (Å²) in [6.45, 7) is 0. The Morgan fingerprint density at radius 2 is 1.78 bits per heavy atom. The summed E-state index contributed by atoms with van der Waals surface area (Å²) in [6.07, 6.45) is 3.49. The van der Waals surface area contributed by atoms with Gasteiger partial charge in [0, 0.05) is 11.6 Å². The third kappa shape index (κ3) is 3.34. The first kappa shape index (κ1) is 20.3. The van der Waals surface area contributed by atoms with Crippen molar-refractivity contribution in [2.24, 2.45) is 0 Å². The van der Waals surface area contributed by atoms with Gasteiger partial charge in [-0.1, -0.05) is 18.2 Å². The van der Waals surface area contributed by atoms with Gasteiger partial charge in [0.1, 0.15) is 29.2 Å². The molecule has 2 heterocycles. The molecule has 0 radical (unpaired) electrons. The highest BCUT2D eigenvalue weighted by Crippen LogP contribution is 2.49. The number of nitrogens with one attached hydrogen (secondary N) is 1. The van der Waals surface area contributed by atoms with Gasteiger partial charge < -0.3 is 19.7 Å².